The Balaban J connectivity index is 1.69. The molecule has 0 unspecified atom stereocenters. The summed E-state index contributed by atoms with van der Waals surface area (Å²) in [6.45, 7) is 7.57. The van der Waals surface area contributed by atoms with Gasteiger partial charge in [-0.1, -0.05) is 22.9 Å². The zero-order valence-corrected chi connectivity index (χ0v) is 13.5. The normalized spacial score (nSPS) is 27.1. The van der Waals surface area contributed by atoms with Crippen LogP contribution in [-0.4, -0.2) is 24.2 Å². The number of fused-ring (bicyclic) bond motifs is 6. The van der Waals surface area contributed by atoms with E-state index in [1.165, 1.54) is 16.7 Å². The van der Waals surface area contributed by atoms with Gasteiger partial charge >= 0.3 is 0 Å². The van der Waals surface area contributed by atoms with Gasteiger partial charge in [-0.15, -0.1) is 0 Å². The van der Waals surface area contributed by atoms with E-state index in [1.807, 2.05) is 0 Å². The smallest absolute Gasteiger partial charge is 0.202 e. The van der Waals surface area contributed by atoms with Crippen molar-refractivity contribution < 1.29 is 18.7 Å². The second-order valence-electron chi connectivity index (χ2n) is 6.80. The van der Waals surface area contributed by atoms with Gasteiger partial charge in [0.1, 0.15) is 17.9 Å². The fourth-order valence-electron chi connectivity index (χ4n) is 4.39. The van der Waals surface area contributed by atoms with Crippen molar-refractivity contribution in [3.63, 3.8) is 0 Å². The quantitative estimate of drug-likeness (QED) is 0.806. The van der Waals surface area contributed by atoms with Gasteiger partial charge in [0.25, 0.3) is 0 Å². The number of aryl methyl sites for hydroxylation is 3. The van der Waals surface area contributed by atoms with Gasteiger partial charge in [0, 0.05) is 12.0 Å². The van der Waals surface area contributed by atoms with E-state index in [1.54, 1.807) is 0 Å². The van der Waals surface area contributed by atoms with Gasteiger partial charge in [-0.3, -0.25) is 0 Å². The summed E-state index contributed by atoms with van der Waals surface area (Å²) >= 11 is 0. The summed E-state index contributed by atoms with van der Waals surface area (Å²) < 4.78 is 23.6. The Bertz CT molecular complexity index is 780. The van der Waals surface area contributed by atoms with Gasteiger partial charge in [0.15, 0.2) is 5.76 Å². The number of rotatable bonds is 1. The van der Waals surface area contributed by atoms with Crippen LogP contribution in [0.5, 0.6) is 0 Å². The topological polar surface area (TPSA) is 53.7 Å². The Morgan fingerprint density at radius 1 is 1.09 bits per heavy atom. The lowest BCUT2D eigenvalue weighted by molar-refractivity contribution is -0.190. The van der Waals surface area contributed by atoms with Crippen LogP contribution in [0.3, 0.4) is 0 Å². The van der Waals surface area contributed by atoms with E-state index in [2.05, 4.69) is 38.1 Å². The fraction of sp³-hybridized carbons (Fsp3) is 0.500. The first kappa shape index (κ1) is 13.7. The average Bonchev–Trinajstić information content (AvgIpc) is 3.22. The Morgan fingerprint density at radius 3 is 2.48 bits per heavy atom. The number of benzene rings is 1. The first-order valence-corrected chi connectivity index (χ1v) is 8.10. The van der Waals surface area contributed by atoms with Crippen molar-refractivity contribution in [1.82, 2.24) is 5.16 Å². The molecule has 0 aliphatic carbocycles. The van der Waals surface area contributed by atoms with Crippen LogP contribution in [-0.2, 0) is 14.2 Å². The molecule has 1 spiro atoms. The maximum absolute atomic E-state index is 6.10. The molecule has 5 nitrogen and oxygen atoms in total. The predicted octanol–water partition coefficient (Wildman–Crippen LogP) is 3.53. The molecule has 2 bridgehead atoms. The van der Waals surface area contributed by atoms with Crippen molar-refractivity contribution in [2.24, 2.45) is 0 Å². The van der Waals surface area contributed by atoms with E-state index in [0.717, 1.165) is 22.6 Å². The van der Waals surface area contributed by atoms with Gasteiger partial charge in [0.2, 0.25) is 5.79 Å². The molecule has 2 atom stereocenters. The van der Waals surface area contributed by atoms with E-state index in [9.17, 15) is 0 Å². The zero-order valence-electron chi connectivity index (χ0n) is 13.5. The molecule has 2 fully saturated rings. The standard InChI is InChI=1S/C18H19NO4/c1-9-6-10(2)13(11(3)7-9)15-14-16(23-19-15)12-8-18(17(14)22-12)20-4-5-21-18/h6-7,12,17H,4-5,8H2,1-3H3/t12-,17-/m0/s1. The largest absolute Gasteiger partial charge is 0.358 e. The number of ether oxygens (including phenoxy) is 3. The van der Waals surface area contributed by atoms with Crippen LogP contribution >= 0.6 is 0 Å². The summed E-state index contributed by atoms with van der Waals surface area (Å²) in [5.74, 6) is 0.193. The molecule has 0 N–H and O–H groups in total. The number of aromatic nitrogens is 1. The minimum Gasteiger partial charge on any atom is -0.358 e. The molecule has 5 heteroatoms. The van der Waals surface area contributed by atoms with Crippen molar-refractivity contribution in [2.75, 3.05) is 13.2 Å². The summed E-state index contributed by atoms with van der Waals surface area (Å²) in [5, 5.41) is 4.39. The Labute approximate surface area is 134 Å². The van der Waals surface area contributed by atoms with Crippen LogP contribution in [0.1, 0.15) is 46.6 Å². The first-order valence-electron chi connectivity index (χ1n) is 8.10. The second kappa shape index (κ2) is 4.44. The van der Waals surface area contributed by atoms with Crippen LogP contribution in [0.4, 0.5) is 0 Å². The highest BCUT2D eigenvalue weighted by atomic mass is 16.8. The highest BCUT2D eigenvalue weighted by Crippen LogP contribution is 2.61. The first-order chi connectivity index (χ1) is 11.1. The summed E-state index contributed by atoms with van der Waals surface area (Å²) in [5.41, 5.74) is 6.66. The van der Waals surface area contributed by atoms with Crippen molar-refractivity contribution >= 4 is 0 Å². The van der Waals surface area contributed by atoms with E-state index in [4.69, 9.17) is 18.7 Å². The molecule has 0 amide bonds. The van der Waals surface area contributed by atoms with Crippen LogP contribution in [0.25, 0.3) is 11.3 Å². The molecule has 0 saturated carbocycles. The van der Waals surface area contributed by atoms with Crippen LogP contribution < -0.4 is 0 Å². The van der Waals surface area contributed by atoms with Crippen LogP contribution in [0.15, 0.2) is 16.7 Å². The molecule has 4 heterocycles. The van der Waals surface area contributed by atoms with E-state index < -0.39 is 5.79 Å². The highest BCUT2D eigenvalue weighted by Gasteiger charge is 2.62. The van der Waals surface area contributed by atoms with Crippen molar-refractivity contribution in [3.8, 4) is 11.3 Å². The molecule has 0 radical (unpaired) electrons. The summed E-state index contributed by atoms with van der Waals surface area (Å²) in [4.78, 5) is 0. The SMILES string of the molecule is Cc1cc(C)c(-c2noc3c2[C@@H]2O[C@H]3CC23OCCO3)c(C)c1. The Kier molecular flexibility index (Phi) is 2.65. The third kappa shape index (κ3) is 1.70. The molecule has 2 saturated heterocycles. The fourth-order valence-corrected chi connectivity index (χ4v) is 4.39. The summed E-state index contributed by atoms with van der Waals surface area (Å²) in [6, 6.07) is 4.35. The second-order valence-corrected chi connectivity index (χ2v) is 6.80. The summed E-state index contributed by atoms with van der Waals surface area (Å²) in [6.07, 6.45) is 0.331. The molecule has 2 aromatic rings. The minimum absolute atomic E-state index is 0.111. The maximum atomic E-state index is 6.10. The minimum atomic E-state index is -0.648. The monoisotopic (exact) mass is 313 g/mol. The lowest BCUT2D eigenvalue weighted by atomic mass is 9.87. The van der Waals surface area contributed by atoms with Gasteiger partial charge in [-0.2, -0.15) is 0 Å². The van der Waals surface area contributed by atoms with E-state index in [0.29, 0.717) is 19.6 Å². The van der Waals surface area contributed by atoms with Crippen molar-refractivity contribution in [1.29, 1.82) is 0 Å². The molecule has 3 aliphatic heterocycles. The van der Waals surface area contributed by atoms with Crippen molar-refractivity contribution in [3.05, 3.63) is 40.1 Å². The third-order valence-corrected chi connectivity index (χ3v) is 5.17. The third-order valence-electron chi connectivity index (χ3n) is 5.17. The molecule has 1 aromatic heterocycles. The highest BCUT2D eigenvalue weighted by molar-refractivity contribution is 5.72. The van der Waals surface area contributed by atoms with Gasteiger partial charge in [0.05, 0.1) is 18.8 Å². The maximum Gasteiger partial charge on any atom is 0.202 e. The van der Waals surface area contributed by atoms with E-state index >= 15 is 0 Å². The van der Waals surface area contributed by atoms with Gasteiger partial charge < -0.3 is 18.7 Å². The van der Waals surface area contributed by atoms with Crippen LogP contribution in [0, 0.1) is 20.8 Å². The zero-order chi connectivity index (χ0) is 15.8. The lowest BCUT2D eigenvalue weighted by Crippen LogP contribution is -2.35. The Morgan fingerprint density at radius 2 is 1.78 bits per heavy atom. The average molecular weight is 313 g/mol. The number of hydrogen-bond donors (Lipinski definition) is 0. The molecular formula is C18H19NO4. The number of hydrogen-bond acceptors (Lipinski definition) is 5. The van der Waals surface area contributed by atoms with E-state index in [-0.39, 0.29) is 12.2 Å². The van der Waals surface area contributed by atoms with Crippen LogP contribution in [0.2, 0.25) is 0 Å². The molecule has 1 aromatic carbocycles. The lowest BCUT2D eigenvalue weighted by Gasteiger charge is -2.28. The molecule has 3 aliphatic rings. The molecule has 5 rings (SSSR count). The van der Waals surface area contributed by atoms with Gasteiger partial charge in [-0.05, 0) is 31.9 Å². The summed E-state index contributed by atoms with van der Waals surface area (Å²) in [7, 11) is 0. The molecule has 120 valence electrons. The van der Waals surface area contributed by atoms with Crippen molar-refractivity contribution in [2.45, 2.75) is 45.2 Å². The predicted molar refractivity (Wildman–Crippen MR) is 82.0 cm³/mol. The number of nitrogens with zero attached hydrogens (tertiary/aromatic N) is 1. The molecule has 23 heavy (non-hydrogen) atoms. The van der Waals surface area contributed by atoms with Gasteiger partial charge in [-0.25, -0.2) is 0 Å². The Hall–Kier alpha value is -1.69. The molecular weight excluding hydrogens is 294 g/mol.